The Labute approximate surface area is 93.5 Å². The zero-order valence-corrected chi connectivity index (χ0v) is 9.64. The lowest BCUT2D eigenvalue weighted by atomic mass is 9.97. The van der Waals surface area contributed by atoms with Crippen molar-refractivity contribution < 1.29 is 24.3 Å². The second-order valence-electron chi connectivity index (χ2n) is 3.87. The number of carbonyl (C=O) groups is 1. The first-order valence-corrected chi connectivity index (χ1v) is 6.85. The van der Waals surface area contributed by atoms with Crippen molar-refractivity contribution in [3.8, 4) is 0 Å². The van der Waals surface area contributed by atoms with E-state index in [4.69, 9.17) is 14.9 Å². The quantitative estimate of drug-likeness (QED) is 0.409. The van der Waals surface area contributed by atoms with Gasteiger partial charge in [0.15, 0.2) is 0 Å². The van der Waals surface area contributed by atoms with Gasteiger partial charge in [0.25, 0.3) is 0 Å². The molecule has 1 rings (SSSR count). The fourth-order valence-corrected chi connectivity index (χ4v) is 2.21. The molecule has 0 aromatic heterocycles. The Bertz CT molecular complexity index is 324. The van der Waals surface area contributed by atoms with Crippen molar-refractivity contribution in [1.29, 1.82) is 0 Å². The van der Waals surface area contributed by atoms with E-state index in [-0.39, 0.29) is 12.1 Å². The van der Waals surface area contributed by atoms with Crippen LogP contribution in [0.3, 0.4) is 0 Å². The van der Waals surface area contributed by atoms with Crippen LogP contribution >= 0.6 is 7.60 Å². The molecular weight excluding hydrogens is 233 g/mol. The van der Waals surface area contributed by atoms with E-state index in [1.165, 1.54) is 6.08 Å². The Morgan fingerprint density at radius 3 is 2.69 bits per heavy atom. The third-order valence-electron chi connectivity index (χ3n) is 2.57. The normalized spacial score (nSPS) is 26.4. The summed E-state index contributed by atoms with van der Waals surface area (Å²) in [5.74, 6) is -0.864. The molecule has 0 aliphatic carbocycles. The first-order valence-electron chi connectivity index (χ1n) is 5.06. The van der Waals surface area contributed by atoms with Gasteiger partial charge in [0.05, 0.1) is 6.16 Å². The first-order chi connectivity index (χ1) is 7.40. The van der Waals surface area contributed by atoms with Gasteiger partial charge in [-0.2, -0.15) is 0 Å². The summed E-state index contributed by atoms with van der Waals surface area (Å²) in [6, 6.07) is -0.542. The maximum atomic E-state index is 10.8. The van der Waals surface area contributed by atoms with E-state index in [0.717, 1.165) is 6.42 Å². The van der Waals surface area contributed by atoms with Crippen molar-refractivity contribution >= 4 is 13.6 Å². The van der Waals surface area contributed by atoms with Gasteiger partial charge in [-0.3, -0.25) is 9.36 Å². The van der Waals surface area contributed by atoms with E-state index in [9.17, 15) is 9.36 Å². The molecule has 16 heavy (non-hydrogen) atoms. The first kappa shape index (κ1) is 13.4. The minimum absolute atomic E-state index is 0.00511. The van der Waals surface area contributed by atoms with Crippen molar-refractivity contribution in [2.24, 2.45) is 5.92 Å². The average Bonchev–Trinajstić information content (AvgIpc) is 2.58. The predicted octanol–water partition coefficient (Wildman–Crippen LogP) is 0.173. The SMILES string of the molecule is O=C(O)C1NCCC1C/C=C/CP(=O)(O)O. The summed E-state index contributed by atoms with van der Waals surface area (Å²) >= 11 is 0. The van der Waals surface area contributed by atoms with Crippen molar-refractivity contribution in [2.45, 2.75) is 18.9 Å². The highest BCUT2D eigenvalue weighted by Crippen LogP contribution is 2.34. The maximum absolute atomic E-state index is 10.8. The van der Waals surface area contributed by atoms with Crippen LogP contribution in [0.5, 0.6) is 0 Å². The monoisotopic (exact) mass is 249 g/mol. The van der Waals surface area contributed by atoms with E-state index in [1.807, 2.05) is 0 Å². The molecule has 1 heterocycles. The molecule has 1 aliphatic heterocycles. The maximum Gasteiger partial charge on any atom is 0.329 e. The summed E-state index contributed by atoms with van der Waals surface area (Å²) in [4.78, 5) is 28.0. The molecule has 6 nitrogen and oxygen atoms in total. The molecule has 1 aliphatic rings. The highest BCUT2D eigenvalue weighted by molar-refractivity contribution is 7.51. The van der Waals surface area contributed by atoms with E-state index in [1.54, 1.807) is 6.08 Å². The molecule has 0 aromatic rings. The van der Waals surface area contributed by atoms with Crippen molar-refractivity contribution in [2.75, 3.05) is 12.7 Å². The van der Waals surface area contributed by atoms with Gasteiger partial charge in [-0.1, -0.05) is 12.2 Å². The summed E-state index contributed by atoms with van der Waals surface area (Å²) in [5, 5.41) is 11.7. The molecule has 0 aromatic carbocycles. The molecule has 2 unspecified atom stereocenters. The number of rotatable bonds is 5. The third kappa shape index (κ3) is 4.45. The van der Waals surface area contributed by atoms with E-state index in [0.29, 0.717) is 13.0 Å². The molecule has 92 valence electrons. The van der Waals surface area contributed by atoms with Crippen molar-refractivity contribution in [3.63, 3.8) is 0 Å². The number of nitrogens with one attached hydrogen (secondary N) is 1. The van der Waals surface area contributed by atoms with Crippen LogP contribution in [0.4, 0.5) is 0 Å². The summed E-state index contributed by atoms with van der Waals surface area (Å²) in [7, 11) is -3.98. The van der Waals surface area contributed by atoms with Crippen LogP contribution in [0.1, 0.15) is 12.8 Å². The Hall–Kier alpha value is -0.680. The molecule has 2 atom stereocenters. The van der Waals surface area contributed by atoms with Crippen LogP contribution in [0.15, 0.2) is 12.2 Å². The van der Waals surface area contributed by atoms with E-state index in [2.05, 4.69) is 5.32 Å². The van der Waals surface area contributed by atoms with Crippen molar-refractivity contribution in [1.82, 2.24) is 5.32 Å². The van der Waals surface area contributed by atoms with E-state index < -0.39 is 19.6 Å². The molecule has 4 N–H and O–H groups in total. The predicted molar refractivity (Wildman–Crippen MR) is 58.2 cm³/mol. The van der Waals surface area contributed by atoms with Gasteiger partial charge < -0.3 is 20.2 Å². The largest absolute Gasteiger partial charge is 0.480 e. The second-order valence-corrected chi connectivity index (χ2v) is 5.57. The summed E-state index contributed by atoms with van der Waals surface area (Å²) in [5.41, 5.74) is 0. The lowest BCUT2D eigenvalue weighted by Gasteiger charge is -2.12. The van der Waals surface area contributed by atoms with Crippen LogP contribution < -0.4 is 5.32 Å². The average molecular weight is 249 g/mol. The molecule has 0 amide bonds. The van der Waals surface area contributed by atoms with Crippen LogP contribution in [-0.4, -0.2) is 39.6 Å². The highest BCUT2D eigenvalue weighted by atomic mass is 31.2. The van der Waals surface area contributed by atoms with E-state index >= 15 is 0 Å². The topological polar surface area (TPSA) is 107 Å². The molecule has 7 heteroatoms. The molecule has 0 saturated carbocycles. The van der Waals surface area contributed by atoms with Gasteiger partial charge in [-0.25, -0.2) is 0 Å². The summed E-state index contributed by atoms with van der Waals surface area (Å²) in [6.07, 6.45) is 4.08. The van der Waals surface area contributed by atoms with Crippen LogP contribution in [0.2, 0.25) is 0 Å². The van der Waals surface area contributed by atoms with Gasteiger partial charge in [0.1, 0.15) is 6.04 Å². The Balaban J connectivity index is 2.37. The number of aliphatic carboxylic acids is 1. The Morgan fingerprint density at radius 1 is 1.44 bits per heavy atom. The van der Waals surface area contributed by atoms with Gasteiger partial charge in [-0.05, 0) is 25.3 Å². The molecule has 1 fully saturated rings. The number of hydrogen-bond donors (Lipinski definition) is 4. The zero-order valence-electron chi connectivity index (χ0n) is 8.74. The summed E-state index contributed by atoms with van der Waals surface area (Å²) in [6.45, 7) is 0.675. The van der Waals surface area contributed by atoms with Crippen molar-refractivity contribution in [3.05, 3.63) is 12.2 Å². The van der Waals surface area contributed by atoms with Crippen LogP contribution in [0, 0.1) is 5.92 Å². The fraction of sp³-hybridized carbons (Fsp3) is 0.667. The van der Waals surface area contributed by atoms with Gasteiger partial charge in [0.2, 0.25) is 0 Å². The second kappa shape index (κ2) is 5.59. The lowest BCUT2D eigenvalue weighted by molar-refractivity contribution is -0.140. The number of carboxylic acid groups (broad SMARTS) is 1. The molecular formula is C9H16NO5P. The lowest BCUT2D eigenvalue weighted by Crippen LogP contribution is -2.35. The smallest absolute Gasteiger partial charge is 0.329 e. The minimum Gasteiger partial charge on any atom is -0.480 e. The number of hydrogen-bond acceptors (Lipinski definition) is 3. The standard InChI is InChI=1S/C9H16NO5P/c11-9(12)8-7(4-5-10-8)3-1-2-6-16(13,14)15/h1-2,7-8,10H,3-6H2,(H,11,12)(H2,13,14,15)/b2-1+. The minimum atomic E-state index is -3.98. The fourth-order valence-electron chi connectivity index (χ4n) is 1.78. The Morgan fingerprint density at radius 2 is 2.12 bits per heavy atom. The molecule has 1 saturated heterocycles. The summed E-state index contributed by atoms with van der Waals surface area (Å²) < 4.78 is 10.5. The van der Waals surface area contributed by atoms with Crippen LogP contribution in [-0.2, 0) is 9.36 Å². The molecule has 0 radical (unpaired) electrons. The Kier molecular flexibility index (Phi) is 4.68. The number of carboxylic acids is 1. The van der Waals surface area contributed by atoms with Gasteiger partial charge >= 0.3 is 13.6 Å². The zero-order chi connectivity index (χ0) is 12.2. The highest BCUT2D eigenvalue weighted by Gasteiger charge is 2.31. The molecule has 0 bridgehead atoms. The molecule has 0 spiro atoms. The van der Waals surface area contributed by atoms with Gasteiger partial charge in [0, 0.05) is 0 Å². The van der Waals surface area contributed by atoms with Gasteiger partial charge in [-0.15, -0.1) is 0 Å². The third-order valence-corrected chi connectivity index (χ3v) is 3.25. The number of allylic oxidation sites excluding steroid dienone is 2. The van der Waals surface area contributed by atoms with Crippen LogP contribution in [0.25, 0.3) is 0 Å².